The molecular formula is C76H132O6. The molecule has 6 nitrogen and oxygen atoms in total. The van der Waals surface area contributed by atoms with Gasteiger partial charge in [0.1, 0.15) is 13.2 Å². The fraction of sp³-hybridized carbons (Fsp3) is 0.750. The van der Waals surface area contributed by atoms with Crippen molar-refractivity contribution < 1.29 is 28.6 Å². The first-order valence-electron chi connectivity index (χ1n) is 35.2. The van der Waals surface area contributed by atoms with Crippen LogP contribution in [0.3, 0.4) is 0 Å². The molecule has 0 fully saturated rings. The summed E-state index contributed by atoms with van der Waals surface area (Å²) < 4.78 is 17.0. The van der Waals surface area contributed by atoms with Crippen LogP contribution in [0.15, 0.2) is 97.2 Å². The van der Waals surface area contributed by atoms with Gasteiger partial charge >= 0.3 is 17.9 Å². The van der Waals surface area contributed by atoms with Crippen molar-refractivity contribution in [1.82, 2.24) is 0 Å². The van der Waals surface area contributed by atoms with Gasteiger partial charge in [0, 0.05) is 19.3 Å². The molecule has 0 saturated carbocycles. The van der Waals surface area contributed by atoms with Crippen LogP contribution < -0.4 is 0 Å². The van der Waals surface area contributed by atoms with Gasteiger partial charge in [-0.3, -0.25) is 14.4 Å². The standard InChI is InChI=1S/C76H132O6/c1-4-7-10-13-16-19-22-25-27-29-31-32-33-34-35-36-37-38-39-40-41-42-43-44-45-47-48-51-54-57-60-63-66-69-75(78)81-72-73(71-80-74(77)68-65-62-59-56-53-50-24-21-18-15-12-9-6-3)82-76(79)70-67-64-61-58-55-52-49-46-30-28-26-23-20-17-14-11-8-5-2/h7,10,16,19,21,24-25,27,31-32,34-35,37-38,40-41,73H,4-6,8-9,11-15,17-18,20,22-23,26,28-30,33,36,39,42-72H2,1-3H3/b10-7-,19-16-,24-21-,27-25-,32-31-,35-34-,38-37-,41-40-. The number of carbonyl (C=O) groups is 3. The molecule has 0 heterocycles. The van der Waals surface area contributed by atoms with Gasteiger partial charge in [-0.2, -0.15) is 0 Å². The van der Waals surface area contributed by atoms with Crippen LogP contribution in [-0.4, -0.2) is 37.2 Å². The van der Waals surface area contributed by atoms with Gasteiger partial charge in [-0.05, 0) is 103 Å². The van der Waals surface area contributed by atoms with Crippen molar-refractivity contribution in [2.45, 2.75) is 354 Å². The number of hydrogen-bond donors (Lipinski definition) is 0. The minimum atomic E-state index is -0.780. The zero-order valence-electron chi connectivity index (χ0n) is 54.2. The maximum Gasteiger partial charge on any atom is 0.306 e. The molecule has 0 radical (unpaired) electrons. The zero-order valence-corrected chi connectivity index (χ0v) is 54.2. The van der Waals surface area contributed by atoms with E-state index in [0.717, 1.165) is 109 Å². The summed E-state index contributed by atoms with van der Waals surface area (Å²) in [6, 6.07) is 0. The molecule has 0 rings (SSSR count). The van der Waals surface area contributed by atoms with E-state index >= 15 is 0 Å². The second-order valence-corrected chi connectivity index (χ2v) is 23.4. The van der Waals surface area contributed by atoms with Gasteiger partial charge in [-0.25, -0.2) is 0 Å². The monoisotopic (exact) mass is 1140 g/mol. The Morgan fingerprint density at radius 2 is 0.476 bits per heavy atom. The second-order valence-electron chi connectivity index (χ2n) is 23.4. The van der Waals surface area contributed by atoms with Gasteiger partial charge in [-0.1, -0.05) is 323 Å². The van der Waals surface area contributed by atoms with E-state index in [1.54, 1.807) is 0 Å². The maximum atomic E-state index is 12.9. The van der Waals surface area contributed by atoms with Crippen LogP contribution in [0.25, 0.3) is 0 Å². The van der Waals surface area contributed by atoms with Crippen LogP contribution in [0.2, 0.25) is 0 Å². The van der Waals surface area contributed by atoms with E-state index in [1.807, 2.05) is 0 Å². The van der Waals surface area contributed by atoms with Gasteiger partial charge in [0.2, 0.25) is 0 Å². The third-order valence-electron chi connectivity index (χ3n) is 15.3. The number of ether oxygens (including phenoxy) is 3. The molecular weight excluding hydrogens is 1010 g/mol. The summed E-state index contributed by atoms with van der Waals surface area (Å²) in [5, 5.41) is 0. The highest BCUT2D eigenvalue weighted by Crippen LogP contribution is 2.17. The van der Waals surface area contributed by atoms with E-state index in [-0.39, 0.29) is 31.1 Å². The Hall–Kier alpha value is -3.67. The first-order chi connectivity index (χ1) is 40.5. The van der Waals surface area contributed by atoms with Crippen LogP contribution in [0.5, 0.6) is 0 Å². The zero-order chi connectivity index (χ0) is 59.2. The largest absolute Gasteiger partial charge is 0.462 e. The maximum absolute atomic E-state index is 12.9. The number of unbranched alkanes of at least 4 members (excludes halogenated alkanes) is 37. The molecule has 0 aliphatic rings. The smallest absolute Gasteiger partial charge is 0.306 e. The molecule has 0 saturated heterocycles. The highest BCUT2D eigenvalue weighted by atomic mass is 16.6. The predicted octanol–water partition coefficient (Wildman–Crippen LogP) is 24.4. The molecule has 0 aromatic heterocycles. The Bertz CT molecular complexity index is 1590. The third kappa shape index (κ3) is 67.1. The molecule has 82 heavy (non-hydrogen) atoms. The quantitative estimate of drug-likeness (QED) is 0.0261. The lowest BCUT2D eigenvalue weighted by atomic mass is 10.0. The Morgan fingerprint density at radius 1 is 0.256 bits per heavy atom. The normalized spacial score (nSPS) is 12.7. The Kier molecular flexibility index (Phi) is 66.7. The van der Waals surface area contributed by atoms with Crippen molar-refractivity contribution in [3.05, 3.63) is 97.2 Å². The van der Waals surface area contributed by atoms with Gasteiger partial charge in [-0.15, -0.1) is 0 Å². The molecule has 0 aliphatic heterocycles. The van der Waals surface area contributed by atoms with Crippen molar-refractivity contribution in [1.29, 1.82) is 0 Å². The average Bonchev–Trinajstić information content (AvgIpc) is 3.47. The Balaban J connectivity index is 4.23. The highest BCUT2D eigenvalue weighted by molar-refractivity contribution is 5.71. The van der Waals surface area contributed by atoms with Crippen molar-refractivity contribution in [2.75, 3.05) is 13.2 Å². The summed E-state index contributed by atoms with van der Waals surface area (Å²) in [5.74, 6) is -0.871. The van der Waals surface area contributed by atoms with E-state index in [1.165, 1.54) is 199 Å². The second kappa shape index (κ2) is 69.8. The van der Waals surface area contributed by atoms with Crippen LogP contribution >= 0.6 is 0 Å². The first-order valence-corrected chi connectivity index (χ1v) is 35.2. The molecule has 0 aromatic rings. The number of rotatable bonds is 64. The van der Waals surface area contributed by atoms with Gasteiger partial charge < -0.3 is 14.2 Å². The van der Waals surface area contributed by atoms with E-state index < -0.39 is 6.10 Å². The first kappa shape index (κ1) is 78.3. The van der Waals surface area contributed by atoms with Crippen molar-refractivity contribution in [2.24, 2.45) is 0 Å². The summed E-state index contributed by atoms with van der Waals surface area (Å²) in [7, 11) is 0. The SMILES string of the molecule is CC/C=C\C/C=C\C/C=C\C/C=C\C/C=C\C/C=C\C/C=C\CCCCCCCCCCCCCC(=O)OCC(COC(=O)CCCCCCC/C=C\CCCCCC)OC(=O)CCCCCCCCCCCCCCCCCCCC. The summed E-state index contributed by atoms with van der Waals surface area (Å²) in [6.07, 6.45) is 94.3. The van der Waals surface area contributed by atoms with Crippen LogP contribution in [0.4, 0.5) is 0 Å². The van der Waals surface area contributed by atoms with Crippen LogP contribution in [0.1, 0.15) is 348 Å². The number of hydrogen-bond acceptors (Lipinski definition) is 6. The molecule has 0 aromatic carbocycles. The van der Waals surface area contributed by atoms with Gasteiger partial charge in [0.05, 0.1) is 0 Å². The fourth-order valence-corrected chi connectivity index (χ4v) is 10.1. The Labute approximate surface area is 508 Å². The molecule has 1 unspecified atom stereocenters. The molecule has 0 spiro atoms. The molecule has 0 aliphatic carbocycles. The molecule has 6 heteroatoms. The minimum absolute atomic E-state index is 0.0774. The fourth-order valence-electron chi connectivity index (χ4n) is 10.1. The van der Waals surface area contributed by atoms with Gasteiger partial charge in [0.25, 0.3) is 0 Å². The van der Waals surface area contributed by atoms with Crippen LogP contribution in [-0.2, 0) is 28.6 Å². The number of esters is 3. The molecule has 472 valence electrons. The number of allylic oxidation sites excluding steroid dienone is 16. The minimum Gasteiger partial charge on any atom is -0.462 e. The molecule has 0 N–H and O–H groups in total. The van der Waals surface area contributed by atoms with Gasteiger partial charge in [0.15, 0.2) is 6.10 Å². The summed E-state index contributed by atoms with van der Waals surface area (Å²) >= 11 is 0. The lowest BCUT2D eigenvalue weighted by molar-refractivity contribution is -0.167. The molecule has 0 amide bonds. The predicted molar refractivity (Wildman–Crippen MR) is 357 cm³/mol. The lowest BCUT2D eigenvalue weighted by Crippen LogP contribution is -2.30. The molecule has 0 bridgehead atoms. The summed E-state index contributed by atoms with van der Waals surface area (Å²) in [4.78, 5) is 38.4. The molecule has 1 atom stereocenters. The topological polar surface area (TPSA) is 78.9 Å². The van der Waals surface area contributed by atoms with Crippen molar-refractivity contribution in [3.8, 4) is 0 Å². The lowest BCUT2D eigenvalue weighted by Gasteiger charge is -2.18. The van der Waals surface area contributed by atoms with Crippen LogP contribution in [0, 0.1) is 0 Å². The van der Waals surface area contributed by atoms with E-state index in [0.29, 0.717) is 19.3 Å². The van der Waals surface area contributed by atoms with E-state index in [9.17, 15) is 14.4 Å². The van der Waals surface area contributed by atoms with E-state index in [4.69, 9.17) is 14.2 Å². The third-order valence-corrected chi connectivity index (χ3v) is 15.3. The summed E-state index contributed by atoms with van der Waals surface area (Å²) in [6.45, 7) is 6.55. The average molecular weight is 1140 g/mol. The summed E-state index contributed by atoms with van der Waals surface area (Å²) in [5.41, 5.74) is 0. The Morgan fingerprint density at radius 3 is 0.768 bits per heavy atom. The highest BCUT2D eigenvalue weighted by Gasteiger charge is 2.19. The van der Waals surface area contributed by atoms with E-state index in [2.05, 4.69) is 118 Å². The van der Waals surface area contributed by atoms with Crippen molar-refractivity contribution in [3.63, 3.8) is 0 Å². The number of carbonyl (C=O) groups excluding carboxylic acids is 3. The van der Waals surface area contributed by atoms with Crippen molar-refractivity contribution >= 4 is 17.9 Å².